The number of ether oxygens (including phenoxy) is 1. The van der Waals surface area contributed by atoms with E-state index in [2.05, 4.69) is 6.92 Å². The number of esters is 1. The molecule has 0 aromatic heterocycles. The summed E-state index contributed by atoms with van der Waals surface area (Å²) in [5, 5.41) is 0. The van der Waals surface area contributed by atoms with Crippen LogP contribution in [0.4, 0.5) is 0 Å². The zero-order valence-electron chi connectivity index (χ0n) is 13.0. The summed E-state index contributed by atoms with van der Waals surface area (Å²) >= 11 is 0. The molecule has 0 unspecified atom stereocenters. The molecule has 0 N–H and O–H groups in total. The van der Waals surface area contributed by atoms with Gasteiger partial charge in [-0.15, -0.1) is 0 Å². The van der Waals surface area contributed by atoms with Crippen molar-refractivity contribution in [1.29, 1.82) is 0 Å². The Balaban J connectivity index is 1.76. The molecule has 2 aliphatic rings. The summed E-state index contributed by atoms with van der Waals surface area (Å²) in [6.07, 6.45) is 4.83. The number of carbonyl (C=O) groups excluding carboxylic acids is 2. The van der Waals surface area contributed by atoms with Crippen LogP contribution in [0.1, 0.15) is 49.4 Å². The number of unbranched alkanes of at least 4 members (excludes halogenated alkanes) is 1. The third-order valence-corrected chi connectivity index (χ3v) is 4.82. The van der Waals surface area contributed by atoms with Gasteiger partial charge in [-0.3, -0.25) is 4.79 Å². The quantitative estimate of drug-likeness (QED) is 0.620. The zero-order chi connectivity index (χ0) is 15.5. The highest BCUT2D eigenvalue weighted by Crippen LogP contribution is 2.43. The van der Waals surface area contributed by atoms with Crippen LogP contribution in [-0.2, 0) is 9.53 Å². The van der Waals surface area contributed by atoms with Gasteiger partial charge in [-0.1, -0.05) is 31.5 Å². The van der Waals surface area contributed by atoms with E-state index >= 15 is 0 Å². The highest BCUT2D eigenvalue weighted by molar-refractivity contribution is 5.97. The number of amides is 1. The number of benzene rings is 1. The van der Waals surface area contributed by atoms with Gasteiger partial charge in [0, 0.05) is 11.6 Å². The predicted octanol–water partition coefficient (Wildman–Crippen LogP) is 3.02. The topological polar surface area (TPSA) is 46.6 Å². The van der Waals surface area contributed by atoms with Crippen LogP contribution in [0.2, 0.25) is 0 Å². The molecule has 1 aliphatic carbocycles. The molecule has 1 saturated heterocycles. The molecule has 3 atom stereocenters. The molecule has 1 aromatic rings. The van der Waals surface area contributed by atoms with Crippen LogP contribution in [0.5, 0.6) is 0 Å². The first-order chi connectivity index (χ1) is 10.7. The molecule has 3 rings (SSSR count). The molecule has 118 valence electrons. The van der Waals surface area contributed by atoms with Crippen molar-refractivity contribution in [3.63, 3.8) is 0 Å². The molecule has 0 radical (unpaired) electrons. The molecule has 1 saturated carbocycles. The Kier molecular flexibility index (Phi) is 4.46. The van der Waals surface area contributed by atoms with Crippen molar-refractivity contribution < 1.29 is 14.3 Å². The fraction of sp³-hybridized carbons (Fsp3) is 0.556. The molecule has 1 heterocycles. The van der Waals surface area contributed by atoms with Gasteiger partial charge in [0.05, 0.1) is 6.61 Å². The monoisotopic (exact) mass is 301 g/mol. The second-order valence-electron chi connectivity index (χ2n) is 6.27. The normalized spacial score (nSPS) is 26.2. The average Bonchev–Trinajstić information content (AvgIpc) is 3.16. The fourth-order valence-corrected chi connectivity index (χ4v) is 3.72. The predicted molar refractivity (Wildman–Crippen MR) is 83.4 cm³/mol. The molecule has 1 amide bonds. The molecular weight excluding hydrogens is 278 g/mol. The van der Waals surface area contributed by atoms with E-state index < -0.39 is 0 Å². The zero-order valence-corrected chi connectivity index (χ0v) is 13.0. The summed E-state index contributed by atoms with van der Waals surface area (Å²) in [7, 11) is 0. The molecular formula is C18H23NO3. The van der Waals surface area contributed by atoms with Crippen molar-refractivity contribution >= 4 is 11.9 Å². The van der Waals surface area contributed by atoms with Crippen molar-refractivity contribution in [2.75, 3.05) is 6.61 Å². The Hall–Kier alpha value is -1.84. The van der Waals surface area contributed by atoms with Gasteiger partial charge in [-0.2, -0.15) is 0 Å². The van der Waals surface area contributed by atoms with E-state index in [1.165, 1.54) is 0 Å². The number of likely N-dealkylation sites (tertiary alicyclic amines) is 1. The van der Waals surface area contributed by atoms with Crippen LogP contribution in [0.3, 0.4) is 0 Å². The van der Waals surface area contributed by atoms with Crippen molar-refractivity contribution in [1.82, 2.24) is 4.90 Å². The van der Waals surface area contributed by atoms with E-state index in [1.807, 2.05) is 30.3 Å². The van der Waals surface area contributed by atoms with Crippen molar-refractivity contribution in [2.24, 2.45) is 5.92 Å². The Morgan fingerprint density at radius 2 is 2.00 bits per heavy atom. The van der Waals surface area contributed by atoms with E-state index in [4.69, 9.17) is 4.74 Å². The van der Waals surface area contributed by atoms with Gasteiger partial charge in [-0.25, -0.2) is 4.79 Å². The number of hydrogen-bond donors (Lipinski definition) is 0. The van der Waals surface area contributed by atoms with E-state index in [9.17, 15) is 9.59 Å². The SMILES string of the molecule is CCCCOC(=O)[C@@H]1[C@H]2CC[C@@H](C2)N1C(=O)c1ccccc1. The van der Waals surface area contributed by atoms with Crippen molar-refractivity contribution in [3.8, 4) is 0 Å². The summed E-state index contributed by atoms with van der Waals surface area (Å²) in [5.74, 6) is 0.0157. The van der Waals surface area contributed by atoms with Gasteiger partial charge in [0.2, 0.25) is 0 Å². The molecule has 4 nitrogen and oxygen atoms in total. The molecule has 0 spiro atoms. The molecule has 4 heteroatoms. The summed E-state index contributed by atoms with van der Waals surface area (Å²) < 4.78 is 5.40. The largest absolute Gasteiger partial charge is 0.464 e. The van der Waals surface area contributed by atoms with E-state index in [0.29, 0.717) is 12.2 Å². The highest BCUT2D eigenvalue weighted by atomic mass is 16.5. The number of rotatable bonds is 5. The second kappa shape index (κ2) is 6.51. The van der Waals surface area contributed by atoms with Crippen LogP contribution < -0.4 is 0 Å². The maximum absolute atomic E-state index is 12.8. The molecule has 2 bridgehead atoms. The van der Waals surface area contributed by atoms with E-state index in [1.54, 1.807) is 4.90 Å². The minimum Gasteiger partial charge on any atom is -0.464 e. The lowest BCUT2D eigenvalue weighted by Crippen LogP contribution is -2.49. The van der Waals surface area contributed by atoms with Crippen LogP contribution in [0.25, 0.3) is 0 Å². The molecule has 1 aliphatic heterocycles. The third kappa shape index (κ3) is 2.74. The summed E-state index contributed by atoms with van der Waals surface area (Å²) in [6.45, 7) is 2.52. The Labute approximate surface area is 131 Å². The number of piperidine rings is 1. The van der Waals surface area contributed by atoms with Gasteiger partial charge in [-0.05, 0) is 43.7 Å². The first kappa shape index (κ1) is 15.1. The van der Waals surface area contributed by atoms with Crippen LogP contribution >= 0.6 is 0 Å². The number of fused-ring (bicyclic) bond motifs is 2. The Morgan fingerprint density at radius 1 is 1.23 bits per heavy atom. The molecule has 22 heavy (non-hydrogen) atoms. The Bertz CT molecular complexity index is 543. The summed E-state index contributed by atoms with van der Waals surface area (Å²) in [6, 6.07) is 9.04. The third-order valence-electron chi connectivity index (χ3n) is 4.82. The maximum Gasteiger partial charge on any atom is 0.329 e. The molecule has 2 fully saturated rings. The average molecular weight is 301 g/mol. The second-order valence-corrected chi connectivity index (χ2v) is 6.27. The van der Waals surface area contributed by atoms with Crippen molar-refractivity contribution in [3.05, 3.63) is 35.9 Å². The van der Waals surface area contributed by atoms with E-state index in [0.717, 1.165) is 32.1 Å². The minimum atomic E-state index is -0.386. The van der Waals surface area contributed by atoms with Gasteiger partial charge in [0.25, 0.3) is 5.91 Å². The summed E-state index contributed by atoms with van der Waals surface area (Å²) in [5.41, 5.74) is 0.654. The van der Waals surface area contributed by atoms with Gasteiger partial charge in [0.1, 0.15) is 6.04 Å². The summed E-state index contributed by atoms with van der Waals surface area (Å²) in [4.78, 5) is 27.0. The minimum absolute atomic E-state index is 0.0368. The van der Waals surface area contributed by atoms with Crippen LogP contribution in [0.15, 0.2) is 30.3 Å². The Morgan fingerprint density at radius 3 is 2.73 bits per heavy atom. The van der Waals surface area contributed by atoms with Gasteiger partial charge >= 0.3 is 5.97 Å². The van der Waals surface area contributed by atoms with Gasteiger partial charge in [0.15, 0.2) is 0 Å². The fourth-order valence-electron chi connectivity index (χ4n) is 3.72. The first-order valence-electron chi connectivity index (χ1n) is 8.26. The lowest BCUT2D eigenvalue weighted by Gasteiger charge is -2.33. The van der Waals surface area contributed by atoms with Crippen LogP contribution in [0, 0.1) is 5.92 Å². The van der Waals surface area contributed by atoms with Crippen LogP contribution in [-0.4, -0.2) is 35.5 Å². The van der Waals surface area contributed by atoms with Crippen molar-refractivity contribution in [2.45, 2.75) is 51.1 Å². The number of hydrogen-bond acceptors (Lipinski definition) is 3. The number of nitrogens with zero attached hydrogens (tertiary/aromatic N) is 1. The van der Waals surface area contributed by atoms with Gasteiger partial charge < -0.3 is 9.64 Å². The smallest absolute Gasteiger partial charge is 0.329 e. The lowest BCUT2D eigenvalue weighted by molar-refractivity contribution is -0.150. The van der Waals surface area contributed by atoms with E-state index in [-0.39, 0.29) is 29.9 Å². The first-order valence-corrected chi connectivity index (χ1v) is 8.26. The maximum atomic E-state index is 12.8. The lowest BCUT2D eigenvalue weighted by atomic mass is 9.98. The standard InChI is InChI=1S/C18H23NO3/c1-2-3-11-22-18(21)16-14-9-10-15(12-14)19(16)17(20)13-7-5-4-6-8-13/h4-8,14-16H,2-3,9-12H2,1H3/t14-,15-,16-/m0/s1. The number of carbonyl (C=O) groups is 2. The molecule has 1 aromatic carbocycles. The highest BCUT2D eigenvalue weighted by Gasteiger charge is 2.52.